The number of rotatable bonds is 4. The third kappa shape index (κ3) is 3.74. The average Bonchev–Trinajstić information content (AvgIpc) is 2.15. The van der Waals surface area contributed by atoms with Gasteiger partial charge in [0.1, 0.15) is 0 Å². The Morgan fingerprint density at radius 2 is 2.00 bits per heavy atom. The van der Waals surface area contributed by atoms with Crippen molar-refractivity contribution in [3.63, 3.8) is 0 Å². The summed E-state index contributed by atoms with van der Waals surface area (Å²) in [4.78, 5) is 3.94. The van der Waals surface area contributed by atoms with Gasteiger partial charge in [0.15, 0.2) is 0 Å². The fraction of sp³-hybridized carbons (Fsp3) is 0.364. The number of benzene rings is 1. The number of hydrogen-bond acceptors (Lipinski definition) is 2. The van der Waals surface area contributed by atoms with Crippen LogP contribution in [-0.2, 0) is 6.42 Å². The van der Waals surface area contributed by atoms with Crippen LogP contribution in [0.3, 0.4) is 0 Å². The van der Waals surface area contributed by atoms with Gasteiger partial charge in [-0.05, 0) is 43.2 Å². The van der Waals surface area contributed by atoms with Crippen LogP contribution in [0.5, 0.6) is 0 Å². The predicted molar refractivity (Wildman–Crippen MR) is 58.2 cm³/mol. The molecule has 1 rings (SSSR count). The van der Waals surface area contributed by atoms with E-state index in [4.69, 9.17) is 5.73 Å². The monoisotopic (exact) mass is 176 g/mol. The molecule has 0 aliphatic heterocycles. The van der Waals surface area contributed by atoms with Crippen molar-refractivity contribution in [3.8, 4) is 0 Å². The van der Waals surface area contributed by atoms with Crippen LogP contribution in [0, 0.1) is 0 Å². The minimum absolute atomic E-state index is 0.832. The molecule has 2 heteroatoms. The summed E-state index contributed by atoms with van der Waals surface area (Å²) in [7, 11) is 1.81. The summed E-state index contributed by atoms with van der Waals surface area (Å²) in [5, 5.41) is 0. The number of nitrogens with two attached hydrogens (primary N) is 1. The van der Waals surface area contributed by atoms with Crippen LogP contribution < -0.4 is 5.73 Å². The normalized spacial score (nSPS) is 10.8. The second-order valence-electron chi connectivity index (χ2n) is 3.07. The highest BCUT2D eigenvalue weighted by Crippen LogP contribution is 2.08. The highest BCUT2D eigenvalue weighted by Gasteiger charge is 1.91. The molecule has 1 aromatic carbocycles. The Balaban J connectivity index is 2.33. The molecule has 0 amide bonds. The lowest BCUT2D eigenvalue weighted by Crippen LogP contribution is -1.88. The molecule has 70 valence electrons. The van der Waals surface area contributed by atoms with Gasteiger partial charge in [-0.2, -0.15) is 0 Å². The molecule has 0 aliphatic rings. The van der Waals surface area contributed by atoms with Gasteiger partial charge in [-0.3, -0.25) is 0 Å². The molecule has 0 saturated heterocycles. The molecule has 0 saturated carbocycles. The first-order chi connectivity index (χ1) is 6.33. The summed E-state index contributed by atoms with van der Waals surface area (Å²) in [6.07, 6.45) is 5.27. The Bertz CT molecular complexity index is 262. The Kier molecular flexibility index (Phi) is 4.03. The molecule has 2 nitrogen and oxygen atoms in total. The lowest BCUT2D eigenvalue weighted by Gasteiger charge is -1.99. The molecule has 0 aromatic heterocycles. The van der Waals surface area contributed by atoms with E-state index in [9.17, 15) is 0 Å². The minimum Gasteiger partial charge on any atom is -0.399 e. The van der Waals surface area contributed by atoms with Crippen molar-refractivity contribution in [1.82, 2.24) is 0 Å². The van der Waals surface area contributed by atoms with Gasteiger partial charge in [-0.1, -0.05) is 12.1 Å². The lowest BCUT2D eigenvalue weighted by molar-refractivity contribution is 0.873. The molecule has 13 heavy (non-hydrogen) atoms. The second-order valence-corrected chi connectivity index (χ2v) is 3.07. The van der Waals surface area contributed by atoms with Crippen molar-refractivity contribution in [2.45, 2.75) is 19.3 Å². The number of unbranched alkanes of at least 4 members (excludes halogenated alkanes) is 1. The molecular formula is C11H16N2. The molecule has 0 radical (unpaired) electrons. The number of anilines is 1. The van der Waals surface area contributed by atoms with Gasteiger partial charge in [-0.25, -0.2) is 0 Å². The van der Waals surface area contributed by atoms with Crippen LogP contribution in [0.1, 0.15) is 18.4 Å². The summed E-state index contributed by atoms with van der Waals surface area (Å²) in [5.74, 6) is 0. The maximum absolute atomic E-state index is 5.58. The zero-order valence-corrected chi connectivity index (χ0v) is 8.03. The van der Waals surface area contributed by atoms with Crippen molar-refractivity contribution in [3.05, 3.63) is 29.8 Å². The molecule has 0 aliphatic carbocycles. The first kappa shape index (κ1) is 9.78. The topological polar surface area (TPSA) is 38.4 Å². The first-order valence-electron chi connectivity index (χ1n) is 4.58. The average molecular weight is 176 g/mol. The van der Waals surface area contributed by atoms with E-state index >= 15 is 0 Å². The molecule has 1 aromatic rings. The van der Waals surface area contributed by atoms with Crippen molar-refractivity contribution in [2.75, 3.05) is 12.8 Å². The van der Waals surface area contributed by atoms with Crippen molar-refractivity contribution < 1.29 is 0 Å². The molecule has 0 fully saturated rings. The van der Waals surface area contributed by atoms with E-state index < -0.39 is 0 Å². The van der Waals surface area contributed by atoms with Crippen molar-refractivity contribution in [1.29, 1.82) is 0 Å². The number of aliphatic imine (C=N–C) groups is 1. The van der Waals surface area contributed by atoms with Crippen LogP contribution in [-0.4, -0.2) is 13.3 Å². The van der Waals surface area contributed by atoms with Gasteiger partial charge < -0.3 is 10.7 Å². The van der Waals surface area contributed by atoms with Gasteiger partial charge in [-0.15, -0.1) is 0 Å². The number of nitrogen functional groups attached to an aromatic ring is 1. The van der Waals surface area contributed by atoms with Gasteiger partial charge in [0.05, 0.1) is 0 Å². The number of hydrogen-bond donors (Lipinski definition) is 1. The van der Waals surface area contributed by atoms with E-state index in [1.807, 2.05) is 25.4 Å². The van der Waals surface area contributed by atoms with Gasteiger partial charge in [0, 0.05) is 12.7 Å². The van der Waals surface area contributed by atoms with E-state index in [1.165, 1.54) is 5.56 Å². The van der Waals surface area contributed by atoms with Crippen LogP contribution in [0.15, 0.2) is 29.3 Å². The van der Waals surface area contributed by atoms with Crippen molar-refractivity contribution in [2.24, 2.45) is 4.99 Å². The largest absolute Gasteiger partial charge is 0.399 e. The van der Waals surface area contributed by atoms with E-state index in [-0.39, 0.29) is 0 Å². The van der Waals surface area contributed by atoms with E-state index in [2.05, 4.69) is 17.1 Å². The third-order valence-corrected chi connectivity index (χ3v) is 1.96. The van der Waals surface area contributed by atoms with Crippen molar-refractivity contribution >= 4 is 11.9 Å². The summed E-state index contributed by atoms with van der Waals surface area (Å²) < 4.78 is 0. The number of aryl methyl sites for hydroxylation is 1. The van der Waals surface area contributed by atoms with E-state index in [0.717, 1.165) is 24.9 Å². The van der Waals surface area contributed by atoms with Crippen LogP contribution in [0.4, 0.5) is 5.69 Å². The summed E-state index contributed by atoms with van der Waals surface area (Å²) >= 11 is 0. The fourth-order valence-electron chi connectivity index (χ4n) is 1.21. The minimum atomic E-state index is 0.832. The summed E-state index contributed by atoms with van der Waals surface area (Å²) in [6, 6.07) is 8.06. The quantitative estimate of drug-likeness (QED) is 0.426. The summed E-state index contributed by atoms with van der Waals surface area (Å²) in [6.45, 7) is 0. The molecule has 0 atom stereocenters. The zero-order chi connectivity index (χ0) is 9.52. The Morgan fingerprint density at radius 1 is 1.31 bits per heavy atom. The fourth-order valence-corrected chi connectivity index (χ4v) is 1.21. The van der Waals surface area contributed by atoms with Gasteiger partial charge in [0.2, 0.25) is 0 Å². The highest BCUT2D eigenvalue weighted by molar-refractivity contribution is 5.56. The molecule has 0 spiro atoms. The smallest absolute Gasteiger partial charge is 0.0314 e. The van der Waals surface area contributed by atoms with E-state index in [0.29, 0.717) is 0 Å². The molecule has 2 N–H and O–H groups in total. The molecule has 0 unspecified atom stereocenters. The molecule has 0 heterocycles. The summed E-state index contributed by atoms with van der Waals surface area (Å²) in [5.41, 5.74) is 7.76. The highest BCUT2D eigenvalue weighted by atomic mass is 14.6. The predicted octanol–water partition coefficient (Wildman–Crippen LogP) is 2.29. The Hall–Kier alpha value is -1.31. The SMILES string of the molecule is CN=CCCCc1ccc(N)cc1. The van der Waals surface area contributed by atoms with Crippen LogP contribution in [0.25, 0.3) is 0 Å². The van der Waals surface area contributed by atoms with Crippen LogP contribution in [0.2, 0.25) is 0 Å². The first-order valence-corrected chi connectivity index (χ1v) is 4.58. The van der Waals surface area contributed by atoms with Crippen LogP contribution >= 0.6 is 0 Å². The standard InChI is InChI=1S/C11H16N2/c1-13-9-3-2-4-10-5-7-11(12)8-6-10/h5-9H,2-4,12H2,1H3. The Labute approximate surface area is 79.5 Å². The lowest BCUT2D eigenvalue weighted by atomic mass is 10.1. The number of nitrogens with zero attached hydrogens (tertiary/aromatic N) is 1. The zero-order valence-electron chi connectivity index (χ0n) is 8.03. The molecular weight excluding hydrogens is 160 g/mol. The molecule has 0 bridgehead atoms. The maximum atomic E-state index is 5.58. The van der Waals surface area contributed by atoms with E-state index in [1.54, 1.807) is 0 Å². The second kappa shape index (κ2) is 5.36. The van der Waals surface area contributed by atoms with Gasteiger partial charge in [0.25, 0.3) is 0 Å². The Morgan fingerprint density at radius 3 is 2.62 bits per heavy atom. The van der Waals surface area contributed by atoms with Gasteiger partial charge >= 0.3 is 0 Å². The maximum Gasteiger partial charge on any atom is 0.0314 e. The third-order valence-electron chi connectivity index (χ3n) is 1.96.